The van der Waals surface area contributed by atoms with Crippen molar-refractivity contribution in [3.8, 4) is 6.07 Å². The average molecular weight is 192 g/mol. The minimum atomic E-state index is -0.346. The van der Waals surface area contributed by atoms with Gasteiger partial charge in [0.15, 0.2) is 0 Å². The van der Waals surface area contributed by atoms with Crippen LogP contribution in [0.2, 0.25) is 0 Å². The molecule has 0 saturated carbocycles. The molecule has 1 unspecified atom stereocenters. The number of aliphatic hydroxyl groups is 1. The number of hydrogen-bond acceptors (Lipinski definition) is 5. The van der Waals surface area contributed by atoms with E-state index in [2.05, 4.69) is 15.3 Å². The van der Waals surface area contributed by atoms with E-state index < -0.39 is 0 Å². The summed E-state index contributed by atoms with van der Waals surface area (Å²) in [6.45, 7) is 2.31. The Labute approximate surface area is 82.4 Å². The van der Waals surface area contributed by atoms with Crippen LogP contribution in [0.4, 0.5) is 5.95 Å². The van der Waals surface area contributed by atoms with Gasteiger partial charge < -0.3 is 10.4 Å². The lowest BCUT2D eigenvalue weighted by atomic mass is 10.3. The van der Waals surface area contributed by atoms with Gasteiger partial charge in [0.1, 0.15) is 11.8 Å². The molecule has 0 aliphatic rings. The Kier molecular flexibility index (Phi) is 3.83. The zero-order chi connectivity index (χ0) is 10.4. The third-order valence-corrected chi connectivity index (χ3v) is 1.62. The van der Waals surface area contributed by atoms with Crippen molar-refractivity contribution >= 4 is 5.95 Å². The van der Waals surface area contributed by atoms with Gasteiger partial charge in [-0.2, -0.15) is 5.26 Å². The third-order valence-electron chi connectivity index (χ3n) is 1.62. The minimum Gasteiger partial charge on any atom is -0.393 e. The van der Waals surface area contributed by atoms with E-state index in [-0.39, 0.29) is 6.10 Å². The highest BCUT2D eigenvalue weighted by Crippen LogP contribution is 1.99. The summed E-state index contributed by atoms with van der Waals surface area (Å²) in [4.78, 5) is 7.85. The van der Waals surface area contributed by atoms with Crippen LogP contribution in [0.3, 0.4) is 0 Å². The normalized spacial score (nSPS) is 11.8. The average Bonchev–Trinajstić information content (AvgIpc) is 2.18. The van der Waals surface area contributed by atoms with E-state index in [1.807, 2.05) is 6.07 Å². The molecule has 0 saturated heterocycles. The number of anilines is 1. The molecular formula is C9H12N4O. The highest BCUT2D eigenvalue weighted by molar-refractivity contribution is 5.29. The van der Waals surface area contributed by atoms with Gasteiger partial charge in [-0.3, -0.25) is 0 Å². The van der Waals surface area contributed by atoms with Gasteiger partial charge in [-0.1, -0.05) is 0 Å². The van der Waals surface area contributed by atoms with Crippen molar-refractivity contribution in [2.75, 3.05) is 11.9 Å². The second-order valence-corrected chi connectivity index (χ2v) is 2.94. The largest absolute Gasteiger partial charge is 0.393 e. The molecule has 2 N–H and O–H groups in total. The fraction of sp³-hybridized carbons (Fsp3) is 0.444. The first-order valence-electron chi connectivity index (χ1n) is 4.37. The Morgan fingerprint density at radius 3 is 3.14 bits per heavy atom. The molecule has 1 heterocycles. The predicted octanol–water partition coefficient (Wildman–Crippen LogP) is 0.531. The standard InChI is InChI=1S/C9H12N4O/c1-7(14)2-4-11-9-12-5-3-8(6-10)13-9/h3,5,7,14H,2,4H2,1H3,(H,11,12,13). The number of hydrogen-bond donors (Lipinski definition) is 2. The summed E-state index contributed by atoms with van der Waals surface area (Å²) in [6, 6.07) is 3.47. The van der Waals surface area contributed by atoms with Crippen LogP contribution in [0.15, 0.2) is 12.3 Å². The second kappa shape index (κ2) is 5.14. The maximum atomic E-state index is 9.00. The number of aromatic nitrogens is 2. The second-order valence-electron chi connectivity index (χ2n) is 2.94. The fourth-order valence-corrected chi connectivity index (χ4v) is 0.899. The van der Waals surface area contributed by atoms with Crippen molar-refractivity contribution in [3.63, 3.8) is 0 Å². The number of nitrogens with zero attached hydrogens (tertiary/aromatic N) is 3. The highest BCUT2D eigenvalue weighted by Gasteiger charge is 1.99. The Morgan fingerprint density at radius 1 is 1.71 bits per heavy atom. The maximum absolute atomic E-state index is 9.00. The van der Waals surface area contributed by atoms with Crippen molar-refractivity contribution < 1.29 is 5.11 Å². The predicted molar refractivity (Wildman–Crippen MR) is 51.5 cm³/mol. The lowest BCUT2D eigenvalue weighted by molar-refractivity contribution is 0.188. The van der Waals surface area contributed by atoms with Crippen molar-refractivity contribution in [3.05, 3.63) is 18.0 Å². The van der Waals surface area contributed by atoms with E-state index in [1.165, 1.54) is 6.20 Å². The van der Waals surface area contributed by atoms with E-state index in [9.17, 15) is 0 Å². The number of nitrogens with one attached hydrogen (secondary N) is 1. The number of nitriles is 1. The monoisotopic (exact) mass is 192 g/mol. The summed E-state index contributed by atoms with van der Waals surface area (Å²) in [6.07, 6.45) is 1.80. The summed E-state index contributed by atoms with van der Waals surface area (Å²) in [5.74, 6) is 0.421. The van der Waals surface area contributed by atoms with Crippen LogP contribution in [0.5, 0.6) is 0 Å². The van der Waals surface area contributed by atoms with E-state index >= 15 is 0 Å². The van der Waals surface area contributed by atoms with Crippen LogP contribution >= 0.6 is 0 Å². The van der Waals surface area contributed by atoms with E-state index in [0.717, 1.165) is 0 Å². The number of rotatable bonds is 4. The minimum absolute atomic E-state index is 0.333. The molecule has 0 aliphatic carbocycles. The Bertz CT molecular complexity index is 332. The molecule has 1 aromatic heterocycles. The van der Waals surface area contributed by atoms with Crippen LogP contribution in [-0.2, 0) is 0 Å². The Balaban J connectivity index is 2.47. The topological polar surface area (TPSA) is 81.8 Å². The molecule has 0 radical (unpaired) electrons. The molecule has 0 fully saturated rings. The molecule has 14 heavy (non-hydrogen) atoms. The molecule has 0 aliphatic heterocycles. The van der Waals surface area contributed by atoms with Gasteiger partial charge in [0, 0.05) is 12.7 Å². The molecule has 0 amide bonds. The van der Waals surface area contributed by atoms with Crippen molar-refractivity contribution in [2.45, 2.75) is 19.4 Å². The zero-order valence-electron chi connectivity index (χ0n) is 7.94. The molecule has 0 bridgehead atoms. The lowest BCUT2D eigenvalue weighted by Crippen LogP contribution is -2.11. The number of aliphatic hydroxyl groups excluding tert-OH is 1. The van der Waals surface area contributed by atoms with E-state index in [0.29, 0.717) is 24.6 Å². The molecule has 0 aromatic carbocycles. The van der Waals surface area contributed by atoms with Crippen molar-refractivity contribution in [1.82, 2.24) is 9.97 Å². The summed E-state index contributed by atoms with van der Waals surface area (Å²) in [5, 5.41) is 20.5. The zero-order valence-corrected chi connectivity index (χ0v) is 7.94. The quantitative estimate of drug-likeness (QED) is 0.727. The van der Waals surface area contributed by atoms with Crippen molar-refractivity contribution in [2.24, 2.45) is 0 Å². The molecular weight excluding hydrogens is 180 g/mol. The van der Waals surface area contributed by atoms with Crippen LogP contribution in [0, 0.1) is 11.3 Å². The van der Waals surface area contributed by atoms with Gasteiger partial charge in [-0.15, -0.1) is 0 Å². The summed E-state index contributed by atoms with van der Waals surface area (Å²) in [5.41, 5.74) is 0.333. The molecule has 0 spiro atoms. The summed E-state index contributed by atoms with van der Waals surface area (Å²) < 4.78 is 0. The SMILES string of the molecule is CC(O)CCNc1nccc(C#N)n1. The van der Waals surface area contributed by atoms with E-state index in [1.54, 1.807) is 13.0 Å². The van der Waals surface area contributed by atoms with Gasteiger partial charge >= 0.3 is 0 Å². The van der Waals surface area contributed by atoms with Crippen LogP contribution in [-0.4, -0.2) is 27.7 Å². The van der Waals surface area contributed by atoms with Gasteiger partial charge in [0.2, 0.25) is 5.95 Å². The lowest BCUT2D eigenvalue weighted by Gasteiger charge is -2.05. The Morgan fingerprint density at radius 2 is 2.50 bits per heavy atom. The smallest absolute Gasteiger partial charge is 0.223 e. The Hall–Kier alpha value is -1.67. The molecule has 1 atom stereocenters. The van der Waals surface area contributed by atoms with Crippen LogP contribution in [0.25, 0.3) is 0 Å². The summed E-state index contributed by atoms with van der Waals surface area (Å²) in [7, 11) is 0. The first kappa shape index (κ1) is 10.4. The third kappa shape index (κ3) is 3.37. The first-order chi connectivity index (χ1) is 6.72. The van der Waals surface area contributed by atoms with Gasteiger partial charge in [0.05, 0.1) is 6.10 Å². The summed E-state index contributed by atoms with van der Waals surface area (Å²) >= 11 is 0. The molecule has 5 nitrogen and oxygen atoms in total. The molecule has 1 aromatic rings. The fourth-order valence-electron chi connectivity index (χ4n) is 0.899. The van der Waals surface area contributed by atoms with Crippen LogP contribution in [0.1, 0.15) is 19.0 Å². The molecule has 1 rings (SSSR count). The molecule has 74 valence electrons. The van der Waals surface area contributed by atoms with Gasteiger partial charge in [-0.05, 0) is 19.4 Å². The van der Waals surface area contributed by atoms with Crippen molar-refractivity contribution in [1.29, 1.82) is 5.26 Å². The first-order valence-corrected chi connectivity index (χ1v) is 4.37. The van der Waals surface area contributed by atoms with Crippen LogP contribution < -0.4 is 5.32 Å². The van der Waals surface area contributed by atoms with Gasteiger partial charge in [0.25, 0.3) is 0 Å². The molecule has 5 heteroatoms. The highest BCUT2D eigenvalue weighted by atomic mass is 16.3. The van der Waals surface area contributed by atoms with Gasteiger partial charge in [-0.25, -0.2) is 9.97 Å². The maximum Gasteiger partial charge on any atom is 0.223 e. The van der Waals surface area contributed by atoms with E-state index in [4.69, 9.17) is 10.4 Å².